The zero-order valence-corrected chi connectivity index (χ0v) is 11.5. The van der Waals surface area contributed by atoms with E-state index in [2.05, 4.69) is 6.92 Å². The van der Waals surface area contributed by atoms with E-state index < -0.39 is 0 Å². The molecule has 3 heterocycles. The first-order valence-corrected chi connectivity index (χ1v) is 6.90. The van der Waals surface area contributed by atoms with Crippen LogP contribution >= 0.6 is 0 Å². The van der Waals surface area contributed by atoms with Crippen molar-refractivity contribution in [3.8, 4) is 0 Å². The maximum Gasteiger partial charge on any atom is 0.198 e. The number of ether oxygens (including phenoxy) is 2. The molecule has 0 spiro atoms. The second-order valence-electron chi connectivity index (χ2n) is 6.53. The molecule has 102 valence electrons. The fourth-order valence-electron chi connectivity index (χ4n) is 3.39. The van der Waals surface area contributed by atoms with E-state index in [4.69, 9.17) is 13.9 Å². The molecule has 0 N–H and O–H groups in total. The fraction of sp³-hybridized carbons (Fsp3) is 0.667. The highest BCUT2D eigenvalue weighted by molar-refractivity contribution is 6.04. The van der Waals surface area contributed by atoms with Crippen molar-refractivity contribution in [2.45, 2.75) is 63.4 Å². The number of fused-ring (bicyclic) bond motifs is 3. The molecule has 19 heavy (non-hydrogen) atoms. The summed E-state index contributed by atoms with van der Waals surface area (Å²) >= 11 is 0. The van der Waals surface area contributed by atoms with E-state index in [1.807, 2.05) is 13.8 Å². The molecule has 0 radical (unpaired) electrons. The highest BCUT2D eigenvalue weighted by Gasteiger charge is 2.61. The number of epoxide rings is 2. The quantitative estimate of drug-likeness (QED) is 0.674. The third kappa shape index (κ3) is 1.56. The molecule has 4 nitrogen and oxygen atoms in total. The van der Waals surface area contributed by atoms with Gasteiger partial charge in [0, 0.05) is 6.42 Å². The number of ketones is 1. The highest BCUT2D eigenvalue weighted by Crippen LogP contribution is 2.50. The van der Waals surface area contributed by atoms with E-state index >= 15 is 0 Å². The Morgan fingerprint density at radius 3 is 2.84 bits per heavy atom. The summed E-state index contributed by atoms with van der Waals surface area (Å²) in [4.78, 5) is 12.6. The second-order valence-corrected chi connectivity index (χ2v) is 6.53. The monoisotopic (exact) mass is 262 g/mol. The van der Waals surface area contributed by atoms with Gasteiger partial charge in [-0.05, 0) is 39.2 Å². The third-order valence-corrected chi connectivity index (χ3v) is 4.87. The van der Waals surface area contributed by atoms with Gasteiger partial charge in [-0.1, -0.05) is 0 Å². The lowest BCUT2D eigenvalue weighted by atomic mass is 9.87. The number of aryl methyl sites for hydroxylation is 1. The first-order valence-electron chi connectivity index (χ1n) is 6.90. The summed E-state index contributed by atoms with van der Waals surface area (Å²) in [6, 6.07) is 0. The Labute approximate surface area is 112 Å². The number of rotatable bonds is 0. The maximum absolute atomic E-state index is 12.6. The van der Waals surface area contributed by atoms with Crippen LogP contribution in [-0.2, 0) is 15.9 Å². The minimum absolute atomic E-state index is 0.0754. The molecule has 0 bridgehead atoms. The number of hydrogen-bond acceptors (Lipinski definition) is 4. The van der Waals surface area contributed by atoms with Gasteiger partial charge in [0.05, 0.1) is 23.5 Å². The van der Waals surface area contributed by atoms with Crippen molar-refractivity contribution < 1.29 is 18.7 Å². The average molecular weight is 262 g/mol. The van der Waals surface area contributed by atoms with Crippen LogP contribution < -0.4 is 0 Å². The van der Waals surface area contributed by atoms with E-state index in [0.29, 0.717) is 12.0 Å². The van der Waals surface area contributed by atoms with Gasteiger partial charge in [-0.3, -0.25) is 4.79 Å². The van der Waals surface area contributed by atoms with Crippen molar-refractivity contribution in [3.05, 3.63) is 23.2 Å². The lowest BCUT2D eigenvalue weighted by Gasteiger charge is -2.10. The zero-order chi connectivity index (χ0) is 13.4. The third-order valence-electron chi connectivity index (χ3n) is 4.87. The first kappa shape index (κ1) is 11.7. The predicted molar refractivity (Wildman–Crippen MR) is 67.3 cm³/mol. The van der Waals surface area contributed by atoms with Crippen LogP contribution in [0, 0.1) is 6.92 Å². The SMILES string of the molecule is Cc1coc2c1C(=O)C1OC1(C)CCC1OC1(C)C2. The van der Waals surface area contributed by atoms with E-state index in [9.17, 15) is 4.79 Å². The van der Waals surface area contributed by atoms with E-state index in [-0.39, 0.29) is 29.2 Å². The Bertz CT molecular complexity index is 575. The summed E-state index contributed by atoms with van der Waals surface area (Å²) in [6.45, 7) is 6.03. The molecule has 2 aliphatic heterocycles. The summed E-state index contributed by atoms with van der Waals surface area (Å²) in [7, 11) is 0. The van der Waals surface area contributed by atoms with Gasteiger partial charge in [-0.2, -0.15) is 0 Å². The Balaban J connectivity index is 1.78. The molecule has 2 saturated heterocycles. The molecule has 2 fully saturated rings. The van der Waals surface area contributed by atoms with E-state index in [0.717, 1.165) is 24.2 Å². The molecule has 4 rings (SSSR count). The molecule has 0 amide bonds. The number of carbonyl (C=O) groups excluding carboxylic acids is 1. The van der Waals surface area contributed by atoms with Crippen molar-refractivity contribution in [1.82, 2.24) is 0 Å². The standard InChI is InChI=1S/C15H18O4/c1-8-7-17-9-6-15(3)10(18-15)4-5-14(2)13(19-14)12(16)11(8)9/h7,10,13H,4-6H2,1-3H3. The molecule has 1 aliphatic carbocycles. The molecule has 0 saturated carbocycles. The summed E-state index contributed by atoms with van der Waals surface area (Å²) < 4.78 is 17.1. The van der Waals surface area contributed by atoms with Gasteiger partial charge in [-0.15, -0.1) is 0 Å². The van der Waals surface area contributed by atoms with Gasteiger partial charge in [0.15, 0.2) is 5.78 Å². The van der Waals surface area contributed by atoms with Gasteiger partial charge in [-0.25, -0.2) is 0 Å². The summed E-state index contributed by atoms with van der Waals surface area (Å²) in [5.74, 6) is 0.832. The minimum atomic E-state index is -0.303. The van der Waals surface area contributed by atoms with E-state index in [1.165, 1.54) is 0 Å². The van der Waals surface area contributed by atoms with Crippen LogP contribution in [0.25, 0.3) is 0 Å². The smallest absolute Gasteiger partial charge is 0.198 e. The van der Waals surface area contributed by atoms with Crippen LogP contribution in [0.3, 0.4) is 0 Å². The van der Waals surface area contributed by atoms with Crippen molar-refractivity contribution >= 4 is 5.78 Å². The Morgan fingerprint density at radius 2 is 2.05 bits per heavy atom. The molecule has 4 heteroatoms. The summed E-state index contributed by atoms with van der Waals surface area (Å²) in [5.41, 5.74) is 1.14. The number of furan rings is 1. The first-order chi connectivity index (χ1) is 8.93. The number of hydrogen-bond donors (Lipinski definition) is 0. The van der Waals surface area contributed by atoms with Crippen LogP contribution in [0.5, 0.6) is 0 Å². The van der Waals surface area contributed by atoms with Crippen LogP contribution in [-0.4, -0.2) is 29.2 Å². The summed E-state index contributed by atoms with van der Waals surface area (Å²) in [6.07, 6.45) is 4.14. The topological polar surface area (TPSA) is 55.3 Å². The molecular weight excluding hydrogens is 244 g/mol. The molecule has 0 aromatic carbocycles. The van der Waals surface area contributed by atoms with Crippen molar-refractivity contribution in [2.75, 3.05) is 0 Å². The molecule has 3 aliphatic rings. The molecule has 4 unspecified atom stereocenters. The molecular formula is C15H18O4. The van der Waals surface area contributed by atoms with Gasteiger partial charge in [0.2, 0.25) is 0 Å². The molecule has 1 aromatic rings. The van der Waals surface area contributed by atoms with E-state index in [1.54, 1.807) is 6.26 Å². The Morgan fingerprint density at radius 1 is 1.26 bits per heavy atom. The summed E-state index contributed by atoms with van der Waals surface area (Å²) in [5, 5.41) is 0. The largest absolute Gasteiger partial charge is 0.468 e. The van der Waals surface area contributed by atoms with Gasteiger partial charge in [0.25, 0.3) is 0 Å². The number of Topliss-reactive ketones (excluding diaryl/α,β-unsaturated/α-hetero) is 1. The molecule has 4 atom stereocenters. The van der Waals surface area contributed by atoms with Gasteiger partial charge < -0.3 is 13.9 Å². The maximum atomic E-state index is 12.6. The number of carbonyl (C=O) groups is 1. The van der Waals surface area contributed by atoms with Crippen molar-refractivity contribution in [3.63, 3.8) is 0 Å². The van der Waals surface area contributed by atoms with Crippen molar-refractivity contribution in [1.29, 1.82) is 0 Å². The van der Waals surface area contributed by atoms with Crippen LogP contribution in [0.4, 0.5) is 0 Å². The fourth-order valence-corrected chi connectivity index (χ4v) is 3.39. The minimum Gasteiger partial charge on any atom is -0.468 e. The van der Waals surface area contributed by atoms with Crippen LogP contribution in [0.1, 0.15) is 48.4 Å². The van der Waals surface area contributed by atoms with Gasteiger partial charge in [0.1, 0.15) is 17.5 Å². The van der Waals surface area contributed by atoms with Crippen LogP contribution in [0.15, 0.2) is 10.7 Å². The molecule has 1 aromatic heterocycles. The Hall–Kier alpha value is -1.13. The normalized spacial score (nSPS) is 44.1. The predicted octanol–water partition coefficient (Wildman–Crippen LogP) is 2.42. The lowest BCUT2D eigenvalue weighted by Crippen LogP contribution is -2.24. The van der Waals surface area contributed by atoms with Gasteiger partial charge >= 0.3 is 0 Å². The zero-order valence-electron chi connectivity index (χ0n) is 11.5. The Kier molecular flexibility index (Phi) is 2.03. The second kappa shape index (κ2) is 3.30. The highest BCUT2D eigenvalue weighted by atomic mass is 16.6. The van der Waals surface area contributed by atoms with Crippen LogP contribution in [0.2, 0.25) is 0 Å². The average Bonchev–Trinajstić information content (AvgIpc) is 3.15. The lowest BCUT2D eigenvalue weighted by molar-refractivity contribution is 0.0950. The van der Waals surface area contributed by atoms with Crippen molar-refractivity contribution in [2.24, 2.45) is 0 Å².